The average Bonchev–Trinajstić information content (AvgIpc) is 3.84. The van der Waals surface area contributed by atoms with Crippen LogP contribution in [0.15, 0.2) is 121 Å². The molecule has 0 bridgehead atoms. The van der Waals surface area contributed by atoms with Crippen molar-refractivity contribution in [1.29, 1.82) is 0 Å². The van der Waals surface area contributed by atoms with Crippen LogP contribution >= 0.6 is 39.1 Å². The Labute approximate surface area is 429 Å². The predicted molar refractivity (Wildman–Crippen MR) is 271 cm³/mol. The van der Waals surface area contributed by atoms with Gasteiger partial charge in [-0.05, 0) is 88.4 Å². The topological polar surface area (TPSA) is 180 Å². The molecule has 4 aromatic heterocycles. The molecule has 0 atom stereocenters. The number of ether oxygens (including phenoxy) is 2. The molecule has 0 unspecified atom stereocenters. The highest BCUT2D eigenvalue weighted by atomic mass is 79.9. The summed E-state index contributed by atoms with van der Waals surface area (Å²) in [5.41, 5.74) is 6.99. The maximum atomic E-state index is 13.4. The van der Waals surface area contributed by atoms with Crippen LogP contribution in [0.25, 0.3) is 22.3 Å². The van der Waals surface area contributed by atoms with Gasteiger partial charge in [0.05, 0.1) is 13.1 Å². The summed E-state index contributed by atoms with van der Waals surface area (Å²) in [6.45, 7) is 5.28. The maximum Gasteiger partial charge on any atom is 0.573 e. The average molecular weight is 1120 g/mol. The Morgan fingerprint density at radius 1 is 0.616 bits per heavy atom. The van der Waals surface area contributed by atoms with Gasteiger partial charge in [-0.25, -0.2) is 14.6 Å². The molecule has 0 spiro atoms. The van der Waals surface area contributed by atoms with Gasteiger partial charge >= 0.3 is 24.1 Å². The molecule has 25 heteroatoms. The van der Waals surface area contributed by atoms with Crippen LogP contribution in [0.2, 0.25) is 10.0 Å². The van der Waals surface area contributed by atoms with E-state index in [0.29, 0.717) is 45.5 Å². The molecule has 0 aliphatic rings. The summed E-state index contributed by atoms with van der Waals surface area (Å²) in [7, 11) is 3.16. The molecule has 4 aromatic carbocycles. The van der Waals surface area contributed by atoms with Crippen molar-refractivity contribution < 1.29 is 35.8 Å². The van der Waals surface area contributed by atoms with Gasteiger partial charge in [0.2, 0.25) is 5.95 Å². The van der Waals surface area contributed by atoms with Gasteiger partial charge in [0, 0.05) is 60.7 Å². The number of halogens is 9. The Balaban J connectivity index is 0.000000202. The number of nitrogens with zero attached hydrogens (tertiary/aromatic N) is 8. The zero-order valence-corrected chi connectivity index (χ0v) is 42.5. The second-order valence-electron chi connectivity index (χ2n) is 16.2. The number of unbranched alkanes of at least 4 members (excludes halogenated alkanes) is 2. The van der Waals surface area contributed by atoms with E-state index in [-0.39, 0.29) is 58.6 Å². The van der Waals surface area contributed by atoms with Crippen molar-refractivity contribution in [2.24, 2.45) is 14.1 Å². The van der Waals surface area contributed by atoms with Crippen molar-refractivity contribution in [2.45, 2.75) is 78.4 Å². The second-order valence-corrected chi connectivity index (χ2v) is 17.8. The Morgan fingerprint density at radius 2 is 1.05 bits per heavy atom. The van der Waals surface area contributed by atoms with E-state index in [1.54, 1.807) is 52.6 Å². The molecule has 4 heterocycles. The van der Waals surface area contributed by atoms with Crippen molar-refractivity contribution in [2.75, 3.05) is 11.1 Å². The van der Waals surface area contributed by atoms with Gasteiger partial charge in [-0.2, -0.15) is 4.98 Å². The minimum absolute atomic E-state index is 0.150. The lowest BCUT2D eigenvalue weighted by Crippen LogP contribution is -2.39. The van der Waals surface area contributed by atoms with Crippen LogP contribution in [0, 0.1) is 0 Å². The first kappa shape index (κ1) is 55.3. The van der Waals surface area contributed by atoms with Crippen molar-refractivity contribution in [1.82, 2.24) is 37.4 Å². The van der Waals surface area contributed by atoms with E-state index in [0.717, 1.165) is 42.5 Å². The standard InChI is InChI=1S/C24H23ClF3N5O3.C17H18BrClN4O2.C7H6F3NO/c1-3-4-12-32-21(34)19-20(31(2)23(32)35)30-22(33(19)14-15-8-10-16(25)11-9-15)29-17-6-5-7-18(13-17)36-24(26,27)28;1-3-4-9-22-15(24)13-14(21(2)17(22)25)20-16(18)23(13)10-11-5-7-12(19)8-6-11;8-7(9,10)12-6-3-1-2-5(11)4-6/h5-11,13H,3-4,12,14H2,1-2H3,(H,29,30);5-8H,3-4,9-10H2,1-2H3;1-4H,11H2. The summed E-state index contributed by atoms with van der Waals surface area (Å²) in [6.07, 6.45) is -6.39. The third-order valence-corrected chi connectivity index (χ3v) is 11.9. The number of anilines is 3. The third-order valence-electron chi connectivity index (χ3n) is 10.8. The molecular formula is C48H47BrCl2F6N10O6. The number of nitrogens with two attached hydrogens (primary N) is 1. The fraction of sp³-hybridized carbons (Fsp3) is 0.292. The van der Waals surface area contributed by atoms with E-state index >= 15 is 0 Å². The Bertz CT molecular complexity index is 3460. The zero-order valence-electron chi connectivity index (χ0n) is 39.4. The zero-order chi connectivity index (χ0) is 53.4. The number of imidazole rings is 2. The van der Waals surface area contributed by atoms with Crippen molar-refractivity contribution >= 4 is 78.8 Å². The second kappa shape index (κ2) is 23.7. The number of hydrogen-bond donors (Lipinski definition) is 2. The molecule has 8 aromatic rings. The van der Waals surface area contributed by atoms with Gasteiger partial charge < -0.3 is 25.1 Å². The smallest absolute Gasteiger partial charge is 0.406 e. The molecular weight excluding hydrogens is 1080 g/mol. The largest absolute Gasteiger partial charge is 0.573 e. The molecule has 73 heavy (non-hydrogen) atoms. The third kappa shape index (κ3) is 14.2. The monoisotopic (exact) mass is 1120 g/mol. The first-order valence-corrected chi connectivity index (χ1v) is 23.8. The van der Waals surface area contributed by atoms with Crippen LogP contribution in [0.1, 0.15) is 50.7 Å². The summed E-state index contributed by atoms with van der Waals surface area (Å²) in [5.74, 6) is -0.547. The summed E-state index contributed by atoms with van der Waals surface area (Å²) in [6, 6.07) is 24.8. The number of aryl methyl sites for hydroxylation is 2. The molecule has 0 saturated heterocycles. The molecule has 0 aliphatic heterocycles. The molecule has 16 nitrogen and oxygen atoms in total. The molecule has 0 amide bonds. The highest BCUT2D eigenvalue weighted by Crippen LogP contribution is 2.29. The number of nitrogens with one attached hydrogen (secondary N) is 1. The lowest BCUT2D eigenvalue weighted by molar-refractivity contribution is -0.275. The van der Waals surface area contributed by atoms with E-state index in [4.69, 9.17) is 28.9 Å². The van der Waals surface area contributed by atoms with E-state index in [9.17, 15) is 45.5 Å². The van der Waals surface area contributed by atoms with E-state index in [1.807, 2.05) is 26.0 Å². The summed E-state index contributed by atoms with van der Waals surface area (Å²) in [5, 5.41) is 4.17. The van der Waals surface area contributed by atoms with Crippen molar-refractivity contribution in [3.05, 3.63) is 165 Å². The maximum absolute atomic E-state index is 13.4. The first-order valence-electron chi connectivity index (χ1n) is 22.3. The van der Waals surface area contributed by atoms with E-state index < -0.39 is 29.7 Å². The number of rotatable bonds is 14. The fourth-order valence-electron chi connectivity index (χ4n) is 7.29. The summed E-state index contributed by atoms with van der Waals surface area (Å²) in [4.78, 5) is 60.6. The van der Waals surface area contributed by atoms with Crippen molar-refractivity contribution in [3.8, 4) is 11.5 Å². The Kier molecular flexibility index (Phi) is 18.0. The molecule has 3 N–H and O–H groups in total. The Morgan fingerprint density at radius 3 is 1.52 bits per heavy atom. The van der Waals surface area contributed by atoms with Gasteiger partial charge in [0.1, 0.15) is 11.5 Å². The molecule has 388 valence electrons. The first-order chi connectivity index (χ1) is 34.5. The quantitative estimate of drug-likeness (QED) is 0.0604. The number of alkyl halides is 6. The minimum Gasteiger partial charge on any atom is -0.406 e. The number of benzene rings is 4. The predicted octanol–water partition coefficient (Wildman–Crippen LogP) is 10.4. The SMILES string of the molecule is CCCCn1c(=O)c2c(nc(Br)n2Cc2ccc(Cl)cc2)n(C)c1=O.CCCCn1c(=O)c2c(nc(Nc3cccc(OC(F)(F)F)c3)n2Cc2ccc(Cl)cc2)n(C)c1=O.Nc1cccc(OC(F)(F)F)c1. The molecule has 0 fully saturated rings. The summed E-state index contributed by atoms with van der Waals surface area (Å²) < 4.78 is 89.6. The minimum atomic E-state index is -4.85. The van der Waals surface area contributed by atoms with Crippen LogP contribution in [0.4, 0.5) is 43.7 Å². The van der Waals surface area contributed by atoms with Gasteiger partial charge in [-0.15, -0.1) is 26.3 Å². The highest BCUT2D eigenvalue weighted by Gasteiger charge is 2.32. The molecule has 0 aliphatic carbocycles. The normalized spacial score (nSPS) is 11.5. The van der Waals surface area contributed by atoms with Crippen LogP contribution in [0.3, 0.4) is 0 Å². The molecule has 0 radical (unpaired) electrons. The molecule has 8 rings (SSSR count). The molecule has 0 saturated carbocycles. The van der Waals surface area contributed by atoms with Gasteiger partial charge in [-0.3, -0.25) is 32.4 Å². The van der Waals surface area contributed by atoms with E-state index in [2.05, 4.69) is 40.7 Å². The van der Waals surface area contributed by atoms with Crippen LogP contribution in [-0.4, -0.2) is 50.1 Å². The number of aromatic nitrogens is 8. The fourth-order valence-corrected chi connectivity index (χ4v) is 8.02. The van der Waals surface area contributed by atoms with E-state index in [1.165, 1.54) is 61.7 Å². The van der Waals surface area contributed by atoms with Crippen LogP contribution in [-0.2, 0) is 40.3 Å². The van der Waals surface area contributed by atoms with Crippen molar-refractivity contribution in [3.63, 3.8) is 0 Å². The lowest BCUT2D eigenvalue weighted by Gasteiger charge is -2.13. The van der Waals surface area contributed by atoms with Gasteiger partial charge in [-0.1, -0.05) is 86.3 Å². The number of hydrogen-bond acceptors (Lipinski definition) is 10. The summed E-state index contributed by atoms with van der Waals surface area (Å²) >= 11 is 15.4. The van der Waals surface area contributed by atoms with Crippen LogP contribution in [0.5, 0.6) is 11.5 Å². The lowest BCUT2D eigenvalue weighted by atomic mass is 10.2. The van der Waals surface area contributed by atoms with Gasteiger partial charge in [0.15, 0.2) is 27.1 Å². The number of fused-ring (bicyclic) bond motifs is 2. The highest BCUT2D eigenvalue weighted by molar-refractivity contribution is 9.10. The Hall–Kier alpha value is -6.98. The van der Waals surface area contributed by atoms with Gasteiger partial charge in [0.25, 0.3) is 11.1 Å². The number of nitrogen functional groups attached to an aromatic ring is 1. The van der Waals surface area contributed by atoms with Crippen LogP contribution < -0.4 is 43.0 Å².